The first-order chi connectivity index (χ1) is 9.55. The summed E-state index contributed by atoms with van der Waals surface area (Å²) >= 11 is 0. The number of nitrogens with zero attached hydrogens (tertiary/aromatic N) is 2. The van der Waals surface area contributed by atoms with Gasteiger partial charge in [-0.25, -0.2) is 9.80 Å². The fourth-order valence-corrected chi connectivity index (χ4v) is 2.36. The molecular formula is C12H20N6O2. The highest BCUT2D eigenvalue weighted by molar-refractivity contribution is 5.92. The highest BCUT2D eigenvalue weighted by Gasteiger charge is 2.27. The van der Waals surface area contributed by atoms with Crippen molar-refractivity contribution in [1.82, 2.24) is 20.6 Å². The third kappa shape index (κ3) is 2.90. The van der Waals surface area contributed by atoms with Gasteiger partial charge in [0.2, 0.25) is 5.91 Å². The summed E-state index contributed by atoms with van der Waals surface area (Å²) in [7, 11) is 0. The van der Waals surface area contributed by atoms with E-state index >= 15 is 0 Å². The lowest BCUT2D eigenvalue weighted by Gasteiger charge is -2.15. The van der Waals surface area contributed by atoms with Gasteiger partial charge in [0.1, 0.15) is 0 Å². The summed E-state index contributed by atoms with van der Waals surface area (Å²) in [6, 6.07) is -0.606. The van der Waals surface area contributed by atoms with Crippen LogP contribution in [0.5, 0.6) is 0 Å². The van der Waals surface area contributed by atoms with Gasteiger partial charge in [-0.1, -0.05) is 13.8 Å². The number of nitrogens with one attached hydrogen (secondary N) is 3. The number of fused-ring (bicyclic) bond motifs is 1. The van der Waals surface area contributed by atoms with Gasteiger partial charge in [-0.15, -0.1) is 0 Å². The lowest BCUT2D eigenvalue weighted by molar-refractivity contribution is -0.120. The number of hydrogen-bond acceptors (Lipinski definition) is 4. The average molecular weight is 280 g/mol. The van der Waals surface area contributed by atoms with E-state index < -0.39 is 6.03 Å². The Morgan fingerprint density at radius 2 is 2.10 bits per heavy atom. The molecule has 1 aromatic rings. The van der Waals surface area contributed by atoms with Crippen LogP contribution in [0.25, 0.3) is 0 Å². The molecule has 0 bridgehead atoms. The zero-order valence-electron chi connectivity index (χ0n) is 11.7. The molecule has 0 saturated heterocycles. The van der Waals surface area contributed by atoms with E-state index in [9.17, 15) is 9.59 Å². The van der Waals surface area contributed by atoms with Crippen LogP contribution in [0.2, 0.25) is 0 Å². The number of hydrazine groups is 1. The quantitative estimate of drug-likeness (QED) is 0.634. The van der Waals surface area contributed by atoms with Gasteiger partial charge in [0, 0.05) is 18.0 Å². The third-order valence-corrected chi connectivity index (χ3v) is 3.52. The smallest absolute Gasteiger partial charge is 0.326 e. The van der Waals surface area contributed by atoms with E-state index in [1.807, 2.05) is 13.8 Å². The summed E-state index contributed by atoms with van der Waals surface area (Å²) < 4.78 is 0. The number of urea groups is 1. The Labute approximate surface area is 117 Å². The van der Waals surface area contributed by atoms with Gasteiger partial charge in [0.25, 0.3) is 0 Å². The molecule has 0 aromatic carbocycles. The van der Waals surface area contributed by atoms with E-state index in [0.717, 1.165) is 24.1 Å². The molecule has 110 valence electrons. The highest BCUT2D eigenvalue weighted by atomic mass is 16.2. The van der Waals surface area contributed by atoms with Crippen molar-refractivity contribution in [3.05, 3.63) is 11.3 Å². The van der Waals surface area contributed by atoms with Crippen LogP contribution >= 0.6 is 0 Å². The summed E-state index contributed by atoms with van der Waals surface area (Å²) in [6.07, 6.45) is 1.59. The highest BCUT2D eigenvalue weighted by Crippen LogP contribution is 2.26. The summed E-state index contributed by atoms with van der Waals surface area (Å²) in [6.45, 7) is 4.93. The number of carbonyl (C=O) groups is 2. The van der Waals surface area contributed by atoms with Crippen molar-refractivity contribution < 1.29 is 9.59 Å². The number of rotatable bonds is 5. The van der Waals surface area contributed by atoms with Crippen molar-refractivity contribution in [3.63, 3.8) is 0 Å². The summed E-state index contributed by atoms with van der Waals surface area (Å²) in [4.78, 5) is 22.9. The van der Waals surface area contributed by atoms with Crippen LogP contribution in [0.3, 0.4) is 0 Å². The Bertz CT molecular complexity index is 508. The number of anilines is 1. The molecule has 2 heterocycles. The topological polar surface area (TPSA) is 116 Å². The summed E-state index contributed by atoms with van der Waals surface area (Å²) in [5.74, 6) is 0.500. The first kappa shape index (κ1) is 14.3. The number of amides is 3. The number of aromatic amines is 1. The lowest BCUT2D eigenvalue weighted by Crippen LogP contribution is -2.41. The summed E-state index contributed by atoms with van der Waals surface area (Å²) in [5, 5.41) is 11.5. The first-order valence-electron chi connectivity index (χ1n) is 6.73. The van der Waals surface area contributed by atoms with Crippen molar-refractivity contribution in [2.45, 2.75) is 39.8 Å². The molecule has 3 amide bonds. The third-order valence-electron chi connectivity index (χ3n) is 3.52. The Morgan fingerprint density at radius 3 is 2.70 bits per heavy atom. The van der Waals surface area contributed by atoms with E-state index in [0.29, 0.717) is 18.9 Å². The molecule has 8 heteroatoms. The molecule has 8 nitrogen and oxygen atoms in total. The van der Waals surface area contributed by atoms with Crippen molar-refractivity contribution in [1.29, 1.82) is 0 Å². The van der Waals surface area contributed by atoms with Crippen LogP contribution in [0.1, 0.15) is 37.9 Å². The Hall–Kier alpha value is -2.09. The SMILES string of the molecule is CCC(CC)C(=O)Nc1n[nH]c2c1CN(NC(N)=O)C2. The Balaban J connectivity index is 2.03. The predicted octanol–water partition coefficient (Wildman–Crippen LogP) is 0.683. The molecule has 0 unspecified atom stereocenters. The minimum atomic E-state index is -0.606. The number of nitrogens with two attached hydrogens (primary N) is 1. The first-order valence-corrected chi connectivity index (χ1v) is 6.73. The molecule has 0 atom stereocenters. The minimum Gasteiger partial charge on any atom is -0.351 e. The van der Waals surface area contributed by atoms with Crippen molar-refractivity contribution in [3.8, 4) is 0 Å². The predicted molar refractivity (Wildman–Crippen MR) is 73.3 cm³/mol. The van der Waals surface area contributed by atoms with Crippen molar-refractivity contribution >= 4 is 17.8 Å². The van der Waals surface area contributed by atoms with Crippen LogP contribution in [0.4, 0.5) is 10.6 Å². The monoisotopic (exact) mass is 280 g/mol. The number of hydrogen-bond donors (Lipinski definition) is 4. The van der Waals surface area contributed by atoms with Crippen LogP contribution in [-0.4, -0.2) is 27.1 Å². The molecule has 20 heavy (non-hydrogen) atoms. The minimum absolute atomic E-state index is 0.0106. The van der Waals surface area contributed by atoms with Crippen LogP contribution in [0.15, 0.2) is 0 Å². The molecule has 0 fully saturated rings. The van der Waals surface area contributed by atoms with E-state index in [1.54, 1.807) is 5.01 Å². The largest absolute Gasteiger partial charge is 0.351 e. The van der Waals surface area contributed by atoms with Gasteiger partial charge in [-0.2, -0.15) is 5.10 Å². The Kier molecular flexibility index (Phi) is 4.23. The second-order valence-electron chi connectivity index (χ2n) is 4.86. The number of aromatic nitrogens is 2. The fraction of sp³-hybridized carbons (Fsp3) is 0.583. The van der Waals surface area contributed by atoms with Crippen molar-refractivity contribution in [2.75, 3.05) is 5.32 Å². The molecule has 0 radical (unpaired) electrons. The van der Waals surface area contributed by atoms with Gasteiger partial charge in [0.05, 0.1) is 12.2 Å². The molecule has 0 spiro atoms. The Morgan fingerprint density at radius 1 is 1.40 bits per heavy atom. The maximum Gasteiger partial charge on any atom is 0.326 e. The van der Waals surface area contributed by atoms with E-state index in [2.05, 4.69) is 20.9 Å². The number of primary amides is 1. The van der Waals surface area contributed by atoms with Gasteiger partial charge >= 0.3 is 6.03 Å². The zero-order chi connectivity index (χ0) is 14.7. The molecule has 1 aliphatic rings. The van der Waals surface area contributed by atoms with Gasteiger partial charge < -0.3 is 11.1 Å². The fourth-order valence-electron chi connectivity index (χ4n) is 2.36. The molecule has 1 aromatic heterocycles. The molecule has 0 aliphatic carbocycles. The normalized spacial score (nSPS) is 14.3. The standard InChI is InChI=1S/C12H20N6O2/c1-3-7(4-2)11(19)14-10-8-5-18(17-12(13)20)6-9(8)15-16-10/h7H,3-6H2,1-2H3,(H3,13,17,20)(H2,14,15,16,19). The van der Waals surface area contributed by atoms with Crippen LogP contribution in [0, 0.1) is 5.92 Å². The van der Waals surface area contributed by atoms with Crippen LogP contribution < -0.4 is 16.5 Å². The van der Waals surface area contributed by atoms with Crippen LogP contribution in [-0.2, 0) is 17.9 Å². The maximum absolute atomic E-state index is 12.1. The van der Waals surface area contributed by atoms with Gasteiger partial charge in [-0.05, 0) is 12.8 Å². The van der Waals surface area contributed by atoms with E-state index in [4.69, 9.17) is 5.73 Å². The molecule has 1 aliphatic heterocycles. The van der Waals surface area contributed by atoms with Gasteiger partial charge in [-0.3, -0.25) is 15.3 Å². The maximum atomic E-state index is 12.1. The molecule has 2 rings (SSSR count). The van der Waals surface area contributed by atoms with Crippen molar-refractivity contribution in [2.24, 2.45) is 11.7 Å². The van der Waals surface area contributed by atoms with E-state index in [1.165, 1.54) is 0 Å². The lowest BCUT2D eigenvalue weighted by atomic mass is 10.0. The number of H-pyrrole nitrogens is 1. The number of carbonyl (C=O) groups excluding carboxylic acids is 2. The van der Waals surface area contributed by atoms with Gasteiger partial charge in [0.15, 0.2) is 5.82 Å². The average Bonchev–Trinajstić information content (AvgIpc) is 2.92. The van der Waals surface area contributed by atoms with E-state index in [-0.39, 0.29) is 11.8 Å². The molecule has 5 N–H and O–H groups in total. The molecule has 0 saturated carbocycles. The second kappa shape index (κ2) is 5.91. The second-order valence-corrected chi connectivity index (χ2v) is 4.86. The zero-order valence-corrected chi connectivity index (χ0v) is 11.7. The molecular weight excluding hydrogens is 260 g/mol. The summed E-state index contributed by atoms with van der Waals surface area (Å²) in [5.41, 5.74) is 9.36.